The molecule has 7 nitrogen and oxygen atoms in total. The van der Waals surface area contributed by atoms with Crippen LogP contribution in [0.25, 0.3) is 0 Å². The second kappa shape index (κ2) is 8.62. The van der Waals surface area contributed by atoms with Crippen LogP contribution in [0.3, 0.4) is 0 Å². The highest BCUT2D eigenvalue weighted by Gasteiger charge is 2.24. The number of carbonyl (C=O) groups is 2. The SMILES string of the molecule is COc1ccc(CCC(=O)N2CCN(C(=O)c3cc[nH]c3)CC2)cc1OC. The molecular formula is C20H25N3O4. The van der Waals surface area contributed by atoms with Crippen molar-refractivity contribution < 1.29 is 19.1 Å². The predicted octanol–water partition coefficient (Wildman–Crippen LogP) is 1.95. The molecule has 0 unspecified atom stereocenters. The van der Waals surface area contributed by atoms with Crippen LogP contribution < -0.4 is 9.47 Å². The zero-order chi connectivity index (χ0) is 19.2. The van der Waals surface area contributed by atoms with Crippen molar-refractivity contribution in [3.05, 3.63) is 47.8 Å². The van der Waals surface area contributed by atoms with Crippen molar-refractivity contribution >= 4 is 11.8 Å². The van der Waals surface area contributed by atoms with Crippen molar-refractivity contribution in [2.45, 2.75) is 12.8 Å². The number of amides is 2. The second-order valence-corrected chi connectivity index (χ2v) is 6.46. The third kappa shape index (κ3) is 4.42. The Bertz CT molecular complexity index is 781. The van der Waals surface area contributed by atoms with E-state index >= 15 is 0 Å². The van der Waals surface area contributed by atoms with Crippen LogP contribution in [0.4, 0.5) is 0 Å². The van der Waals surface area contributed by atoms with E-state index in [2.05, 4.69) is 4.98 Å². The monoisotopic (exact) mass is 371 g/mol. The normalized spacial score (nSPS) is 14.1. The van der Waals surface area contributed by atoms with Crippen LogP contribution in [-0.2, 0) is 11.2 Å². The molecule has 0 bridgehead atoms. The molecule has 1 aliphatic heterocycles. The van der Waals surface area contributed by atoms with Gasteiger partial charge in [0.1, 0.15) is 0 Å². The van der Waals surface area contributed by atoms with Gasteiger partial charge in [-0.3, -0.25) is 9.59 Å². The average molecular weight is 371 g/mol. The van der Waals surface area contributed by atoms with Gasteiger partial charge >= 0.3 is 0 Å². The standard InChI is InChI=1S/C20H25N3O4/c1-26-17-5-3-15(13-18(17)27-2)4-6-19(24)22-9-11-23(12-10-22)20(25)16-7-8-21-14-16/h3,5,7-8,13-14,21H,4,6,9-12H2,1-2H3. The molecule has 144 valence electrons. The molecular weight excluding hydrogens is 346 g/mol. The van der Waals surface area contributed by atoms with Crippen LogP contribution in [-0.4, -0.2) is 67.0 Å². The Morgan fingerprint density at radius 2 is 1.70 bits per heavy atom. The van der Waals surface area contributed by atoms with E-state index in [0.29, 0.717) is 56.1 Å². The van der Waals surface area contributed by atoms with Gasteiger partial charge in [0.2, 0.25) is 5.91 Å². The Kier molecular flexibility index (Phi) is 6.01. The van der Waals surface area contributed by atoms with E-state index in [9.17, 15) is 9.59 Å². The molecule has 2 aromatic rings. The molecule has 27 heavy (non-hydrogen) atoms. The number of aromatic amines is 1. The molecule has 0 spiro atoms. The summed E-state index contributed by atoms with van der Waals surface area (Å²) < 4.78 is 10.5. The Morgan fingerprint density at radius 3 is 2.33 bits per heavy atom. The number of aromatic nitrogens is 1. The summed E-state index contributed by atoms with van der Waals surface area (Å²) in [4.78, 5) is 31.4. The fourth-order valence-electron chi connectivity index (χ4n) is 3.24. The molecule has 1 fully saturated rings. The Balaban J connectivity index is 1.49. The van der Waals surface area contributed by atoms with E-state index in [1.54, 1.807) is 37.6 Å². The summed E-state index contributed by atoms with van der Waals surface area (Å²) >= 11 is 0. The van der Waals surface area contributed by atoms with Gasteiger partial charge in [-0.1, -0.05) is 6.07 Å². The molecule has 0 aliphatic carbocycles. The maximum absolute atomic E-state index is 12.5. The molecule has 0 atom stereocenters. The molecule has 1 aromatic heterocycles. The van der Waals surface area contributed by atoms with E-state index in [0.717, 1.165) is 5.56 Å². The third-order valence-corrected chi connectivity index (χ3v) is 4.84. The predicted molar refractivity (Wildman–Crippen MR) is 101 cm³/mol. The zero-order valence-corrected chi connectivity index (χ0v) is 15.7. The number of hydrogen-bond acceptors (Lipinski definition) is 4. The number of aryl methyl sites for hydroxylation is 1. The Labute approximate surface area is 158 Å². The minimum absolute atomic E-state index is 0.00803. The van der Waals surface area contributed by atoms with E-state index in [-0.39, 0.29) is 11.8 Å². The first-order valence-electron chi connectivity index (χ1n) is 9.03. The minimum Gasteiger partial charge on any atom is -0.493 e. The van der Waals surface area contributed by atoms with Crippen molar-refractivity contribution in [1.82, 2.24) is 14.8 Å². The second-order valence-electron chi connectivity index (χ2n) is 6.46. The summed E-state index contributed by atoms with van der Waals surface area (Å²) in [6.07, 6.45) is 4.51. The van der Waals surface area contributed by atoms with Gasteiger partial charge in [0.25, 0.3) is 5.91 Å². The molecule has 2 heterocycles. The van der Waals surface area contributed by atoms with Crippen molar-refractivity contribution in [1.29, 1.82) is 0 Å². The highest BCUT2D eigenvalue weighted by Crippen LogP contribution is 2.28. The lowest BCUT2D eigenvalue weighted by Gasteiger charge is -2.34. The summed E-state index contributed by atoms with van der Waals surface area (Å²) in [5, 5.41) is 0. The van der Waals surface area contributed by atoms with Gasteiger partial charge in [0.05, 0.1) is 19.8 Å². The number of carbonyl (C=O) groups excluding carboxylic acids is 2. The summed E-state index contributed by atoms with van der Waals surface area (Å²) in [6, 6.07) is 7.47. The van der Waals surface area contributed by atoms with Crippen LogP contribution in [0, 0.1) is 0 Å². The Morgan fingerprint density at radius 1 is 1.00 bits per heavy atom. The first kappa shape index (κ1) is 18.8. The number of ether oxygens (including phenoxy) is 2. The first-order valence-corrected chi connectivity index (χ1v) is 9.03. The van der Waals surface area contributed by atoms with Crippen LogP contribution in [0.5, 0.6) is 11.5 Å². The average Bonchev–Trinajstić information content (AvgIpc) is 3.26. The number of methoxy groups -OCH3 is 2. The number of benzene rings is 1. The number of rotatable bonds is 6. The summed E-state index contributed by atoms with van der Waals surface area (Å²) in [6.45, 7) is 2.26. The molecule has 2 amide bonds. The number of H-pyrrole nitrogens is 1. The lowest BCUT2D eigenvalue weighted by molar-refractivity contribution is -0.132. The van der Waals surface area contributed by atoms with Crippen molar-refractivity contribution in [3.8, 4) is 11.5 Å². The summed E-state index contributed by atoms with van der Waals surface area (Å²) in [7, 11) is 3.20. The molecule has 1 aromatic carbocycles. The first-order chi connectivity index (χ1) is 13.1. The quantitative estimate of drug-likeness (QED) is 0.842. The minimum atomic E-state index is 0.00803. The molecule has 0 radical (unpaired) electrons. The fourth-order valence-corrected chi connectivity index (χ4v) is 3.24. The smallest absolute Gasteiger partial charge is 0.255 e. The maximum Gasteiger partial charge on any atom is 0.255 e. The van der Waals surface area contributed by atoms with E-state index in [4.69, 9.17) is 9.47 Å². The maximum atomic E-state index is 12.5. The van der Waals surface area contributed by atoms with Gasteiger partial charge < -0.3 is 24.3 Å². The van der Waals surface area contributed by atoms with Crippen LogP contribution in [0.1, 0.15) is 22.3 Å². The third-order valence-electron chi connectivity index (χ3n) is 4.84. The van der Waals surface area contributed by atoms with Gasteiger partial charge in [-0.05, 0) is 30.2 Å². The number of nitrogens with zero attached hydrogens (tertiary/aromatic N) is 2. The van der Waals surface area contributed by atoms with Crippen LogP contribution in [0.15, 0.2) is 36.7 Å². The number of hydrogen-bond donors (Lipinski definition) is 1. The summed E-state index contributed by atoms with van der Waals surface area (Å²) in [5.41, 5.74) is 1.69. The van der Waals surface area contributed by atoms with Crippen molar-refractivity contribution in [3.63, 3.8) is 0 Å². The highest BCUT2D eigenvalue weighted by atomic mass is 16.5. The van der Waals surface area contributed by atoms with Gasteiger partial charge in [-0.15, -0.1) is 0 Å². The van der Waals surface area contributed by atoms with Crippen molar-refractivity contribution in [2.75, 3.05) is 40.4 Å². The molecule has 1 aliphatic rings. The van der Waals surface area contributed by atoms with Crippen LogP contribution in [0.2, 0.25) is 0 Å². The Hall–Kier alpha value is -2.96. The molecule has 1 N–H and O–H groups in total. The molecule has 3 rings (SSSR count). The van der Waals surface area contributed by atoms with Gasteiger partial charge in [-0.25, -0.2) is 0 Å². The van der Waals surface area contributed by atoms with Crippen molar-refractivity contribution in [2.24, 2.45) is 0 Å². The molecule has 1 saturated heterocycles. The highest BCUT2D eigenvalue weighted by molar-refractivity contribution is 5.94. The van der Waals surface area contributed by atoms with E-state index < -0.39 is 0 Å². The van der Waals surface area contributed by atoms with E-state index in [1.165, 1.54) is 0 Å². The van der Waals surface area contributed by atoms with E-state index in [1.807, 2.05) is 23.1 Å². The zero-order valence-electron chi connectivity index (χ0n) is 15.7. The lowest BCUT2D eigenvalue weighted by atomic mass is 10.1. The lowest BCUT2D eigenvalue weighted by Crippen LogP contribution is -2.50. The van der Waals surface area contributed by atoms with Gasteiger partial charge in [0, 0.05) is 45.0 Å². The molecule has 0 saturated carbocycles. The van der Waals surface area contributed by atoms with Crippen LogP contribution >= 0.6 is 0 Å². The molecule has 7 heteroatoms. The number of piperazine rings is 1. The summed E-state index contributed by atoms with van der Waals surface area (Å²) in [5.74, 6) is 1.46. The largest absolute Gasteiger partial charge is 0.493 e. The topological polar surface area (TPSA) is 74.9 Å². The van der Waals surface area contributed by atoms with Gasteiger partial charge in [-0.2, -0.15) is 0 Å². The number of nitrogens with one attached hydrogen (secondary N) is 1. The fraction of sp³-hybridized carbons (Fsp3) is 0.400. The van der Waals surface area contributed by atoms with Gasteiger partial charge in [0.15, 0.2) is 11.5 Å².